The van der Waals surface area contributed by atoms with E-state index in [9.17, 15) is 29.2 Å². The molecule has 4 fully saturated rings. The number of piperazine rings is 1. The smallest absolute Gasteiger partial charge is 0.262 e. The van der Waals surface area contributed by atoms with Crippen molar-refractivity contribution in [2.24, 2.45) is 16.7 Å². The van der Waals surface area contributed by atoms with Gasteiger partial charge in [-0.15, -0.1) is 0 Å². The first-order valence-corrected chi connectivity index (χ1v) is 20.8. The molecule has 5 aliphatic rings. The van der Waals surface area contributed by atoms with E-state index in [1.54, 1.807) is 30.3 Å². The van der Waals surface area contributed by atoms with E-state index < -0.39 is 52.2 Å². The lowest BCUT2D eigenvalue weighted by atomic mass is 9.49. The quantitative estimate of drug-likeness (QED) is 0.284. The van der Waals surface area contributed by atoms with E-state index in [2.05, 4.69) is 30.3 Å². The van der Waals surface area contributed by atoms with Crippen LogP contribution < -0.4 is 25.2 Å². The second-order valence-corrected chi connectivity index (χ2v) is 18.1. The molecular formula is C44H48ClFN8O6. The van der Waals surface area contributed by atoms with Gasteiger partial charge in [0.05, 0.1) is 27.3 Å². The van der Waals surface area contributed by atoms with Crippen LogP contribution in [-0.2, 0) is 9.59 Å². The Morgan fingerprint density at radius 3 is 2.28 bits per heavy atom. The number of anilines is 2. The first-order valence-electron chi connectivity index (χ1n) is 20.5. The highest BCUT2D eigenvalue weighted by Crippen LogP contribution is 2.55. The summed E-state index contributed by atoms with van der Waals surface area (Å²) in [4.78, 5) is 76.2. The van der Waals surface area contributed by atoms with Crippen molar-refractivity contribution in [1.29, 1.82) is 5.26 Å². The largest absolute Gasteiger partial charge is 0.489 e. The summed E-state index contributed by atoms with van der Waals surface area (Å²) in [6, 6.07) is 12.2. The normalized spacial score (nSPS) is 24.1. The Morgan fingerprint density at radius 1 is 0.933 bits per heavy atom. The lowest BCUT2D eigenvalue weighted by Crippen LogP contribution is -2.74. The summed E-state index contributed by atoms with van der Waals surface area (Å²) in [5.74, 6) is -1.73. The van der Waals surface area contributed by atoms with Crippen LogP contribution in [0, 0.1) is 33.9 Å². The van der Waals surface area contributed by atoms with Crippen LogP contribution in [0.5, 0.6) is 5.75 Å². The van der Waals surface area contributed by atoms with E-state index in [0.717, 1.165) is 69.2 Å². The molecular weight excluding hydrogens is 791 g/mol. The van der Waals surface area contributed by atoms with Crippen molar-refractivity contribution in [3.63, 3.8) is 0 Å². The number of nitrogens with one attached hydrogen (secondary N) is 2. The molecule has 2 N–H and O–H groups in total. The van der Waals surface area contributed by atoms with Crippen LogP contribution in [0.1, 0.15) is 90.0 Å². The van der Waals surface area contributed by atoms with Crippen molar-refractivity contribution in [1.82, 2.24) is 25.4 Å². The summed E-state index contributed by atoms with van der Waals surface area (Å²) in [5.41, 5.74) is 0.631. The number of ether oxygens (including phenoxy) is 1. The first-order chi connectivity index (χ1) is 28.6. The van der Waals surface area contributed by atoms with E-state index in [-0.39, 0.29) is 41.7 Å². The molecule has 5 heterocycles. The maximum atomic E-state index is 15.6. The monoisotopic (exact) mass is 838 g/mol. The molecule has 1 atom stereocenters. The highest BCUT2D eigenvalue weighted by molar-refractivity contribution is 6.31. The van der Waals surface area contributed by atoms with Crippen molar-refractivity contribution >= 4 is 52.6 Å². The van der Waals surface area contributed by atoms with Crippen LogP contribution in [-0.4, -0.2) is 108 Å². The van der Waals surface area contributed by atoms with Crippen LogP contribution in [0.2, 0.25) is 5.02 Å². The molecule has 1 saturated carbocycles. The average Bonchev–Trinajstić information content (AvgIpc) is 3.47. The highest BCUT2D eigenvalue weighted by atomic mass is 35.5. The van der Waals surface area contributed by atoms with Crippen LogP contribution in [0.15, 0.2) is 48.7 Å². The van der Waals surface area contributed by atoms with Gasteiger partial charge in [-0.1, -0.05) is 39.3 Å². The van der Waals surface area contributed by atoms with Gasteiger partial charge in [-0.2, -0.15) is 5.26 Å². The zero-order chi connectivity index (χ0) is 42.7. The van der Waals surface area contributed by atoms with Crippen molar-refractivity contribution in [2.75, 3.05) is 55.6 Å². The Morgan fingerprint density at radius 2 is 1.63 bits per heavy atom. The molecule has 60 heavy (non-hydrogen) atoms. The van der Waals surface area contributed by atoms with Crippen LogP contribution in [0.25, 0.3) is 0 Å². The zero-order valence-electron chi connectivity index (χ0n) is 34.1. The molecule has 1 unspecified atom stereocenters. The Hall–Kier alpha value is -5.59. The fourth-order valence-electron chi connectivity index (χ4n) is 10.1. The molecule has 16 heteroatoms. The van der Waals surface area contributed by atoms with Crippen LogP contribution in [0.4, 0.5) is 15.9 Å². The number of nitriles is 1. The Balaban J connectivity index is 0.804. The van der Waals surface area contributed by atoms with Gasteiger partial charge in [0.1, 0.15) is 35.6 Å². The fourth-order valence-corrected chi connectivity index (χ4v) is 10.3. The summed E-state index contributed by atoms with van der Waals surface area (Å²) < 4.78 is 21.9. The van der Waals surface area contributed by atoms with Gasteiger partial charge >= 0.3 is 0 Å². The molecule has 0 spiro atoms. The summed E-state index contributed by atoms with van der Waals surface area (Å²) in [6.07, 6.45) is 3.05. The third-order valence-corrected chi connectivity index (χ3v) is 13.4. The molecule has 8 rings (SSSR count). The minimum atomic E-state index is -0.996. The van der Waals surface area contributed by atoms with Gasteiger partial charge in [-0.05, 0) is 55.5 Å². The van der Waals surface area contributed by atoms with Gasteiger partial charge in [-0.3, -0.25) is 39.1 Å². The number of carbonyl (C=O) groups excluding carboxylic acids is 5. The van der Waals surface area contributed by atoms with Crippen molar-refractivity contribution < 1.29 is 33.1 Å². The maximum absolute atomic E-state index is 15.6. The maximum Gasteiger partial charge on any atom is 0.262 e. The number of aromatic nitrogens is 1. The van der Waals surface area contributed by atoms with Crippen LogP contribution >= 0.6 is 11.6 Å². The standard InChI is InChI=1S/C44H48ClFN8O6/c1-43(2)41(44(3,4)42(43)60-28-7-5-26(22-47)32(45)20-28)50-37(56)31-23-48-35(21-33(31)46)53-13-11-25(12-14-53)24-51-15-17-52(18-16-51)27-6-8-29-30(19-27)40(59)54(39(29)58)34-9-10-36(55)49-38(34)57/h5-8,19-21,23,25,34,41-42H,9-18,24H2,1-4H3,(H,50,56)(H,49,55,57). The minimum Gasteiger partial charge on any atom is -0.489 e. The van der Waals surface area contributed by atoms with E-state index in [4.69, 9.17) is 16.3 Å². The Bertz CT molecular complexity index is 2300. The summed E-state index contributed by atoms with van der Waals surface area (Å²) in [6.45, 7) is 13.5. The average molecular weight is 839 g/mol. The first kappa shape index (κ1) is 41.2. The van der Waals surface area contributed by atoms with Crippen molar-refractivity contribution in [3.8, 4) is 11.8 Å². The number of halogens is 2. The number of piperidine rings is 2. The number of benzene rings is 2. The number of pyridine rings is 1. The van der Waals surface area contributed by atoms with Gasteiger partial charge in [0, 0.05) is 93.1 Å². The van der Waals surface area contributed by atoms with E-state index >= 15 is 4.39 Å². The number of rotatable bonds is 9. The number of amides is 5. The number of fused-ring (bicyclic) bond motifs is 1. The molecule has 14 nitrogen and oxygen atoms in total. The Labute approximate surface area is 353 Å². The zero-order valence-corrected chi connectivity index (χ0v) is 34.9. The van der Waals surface area contributed by atoms with E-state index in [1.807, 2.05) is 39.8 Å². The molecule has 2 aromatic carbocycles. The Kier molecular flexibility index (Phi) is 10.8. The molecule has 1 aromatic heterocycles. The number of carbonyl (C=O) groups is 5. The number of hydrogen-bond acceptors (Lipinski definition) is 11. The fraction of sp³-hybridized carbons (Fsp3) is 0.477. The molecule has 5 amide bonds. The molecule has 3 saturated heterocycles. The molecule has 0 bridgehead atoms. The predicted octanol–water partition coefficient (Wildman–Crippen LogP) is 4.80. The lowest BCUT2D eigenvalue weighted by molar-refractivity contribution is -0.164. The summed E-state index contributed by atoms with van der Waals surface area (Å²) >= 11 is 6.23. The summed E-state index contributed by atoms with van der Waals surface area (Å²) in [7, 11) is 0. The van der Waals surface area contributed by atoms with Gasteiger partial charge in [-0.25, -0.2) is 9.37 Å². The summed E-state index contributed by atoms with van der Waals surface area (Å²) in [5, 5.41) is 14.8. The van der Waals surface area contributed by atoms with Gasteiger partial charge in [0.15, 0.2) is 0 Å². The third kappa shape index (κ3) is 7.44. The van der Waals surface area contributed by atoms with Gasteiger partial charge < -0.3 is 19.9 Å². The molecule has 0 radical (unpaired) electrons. The van der Waals surface area contributed by atoms with E-state index in [1.165, 1.54) is 12.3 Å². The number of nitrogens with zero attached hydrogens (tertiary/aromatic N) is 6. The van der Waals surface area contributed by atoms with Gasteiger partial charge in [0.2, 0.25) is 11.8 Å². The number of hydrogen-bond donors (Lipinski definition) is 2. The predicted molar refractivity (Wildman–Crippen MR) is 220 cm³/mol. The molecule has 3 aromatic rings. The second-order valence-electron chi connectivity index (χ2n) is 17.7. The third-order valence-electron chi connectivity index (χ3n) is 13.1. The van der Waals surface area contributed by atoms with Gasteiger partial charge in [0.25, 0.3) is 17.7 Å². The molecule has 4 aliphatic heterocycles. The van der Waals surface area contributed by atoms with Crippen molar-refractivity contribution in [3.05, 3.63) is 81.8 Å². The molecule has 314 valence electrons. The molecule has 1 aliphatic carbocycles. The second kappa shape index (κ2) is 15.8. The van der Waals surface area contributed by atoms with Crippen molar-refractivity contribution in [2.45, 2.75) is 71.6 Å². The lowest BCUT2D eigenvalue weighted by Gasteiger charge is -2.63. The number of imide groups is 2. The van der Waals surface area contributed by atoms with Crippen LogP contribution in [0.3, 0.4) is 0 Å². The van der Waals surface area contributed by atoms with E-state index in [0.29, 0.717) is 28.1 Å². The topological polar surface area (TPSA) is 168 Å². The minimum absolute atomic E-state index is 0.0735. The SMILES string of the molecule is CC1(C)C(NC(=O)c2cnc(N3CCC(CN4CCN(c5ccc6c(c5)C(=O)N(C5CCC(=O)NC5=O)C6=O)CC4)CC3)cc2F)C(C)(C)C1Oc1ccc(C#N)c(Cl)c1. The highest BCUT2D eigenvalue weighted by Gasteiger charge is 2.64.